The number of halogens is 1. The molecule has 114 valence electrons. The van der Waals surface area contributed by atoms with Gasteiger partial charge in [-0.05, 0) is 30.3 Å². The number of nitrogens with two attached hydrogens (primary N) is 1. The number of fused-ring (bicyclic) bond motifs is 1. The van der Waals surface area contributed by atoms with Gasteiger partial charge >= 0.3 is 0 Å². The lowest BCUT2D eigenvalue weighted by Crippen LogP contribution is -2.01. The molecule has 0 atom stereocenters. The average Bonchev–Trinajstić information content (AvgIpc) is 3.16. The summed E-state index contributed by atoms with van der Waals surface area (Å²) in [6.45, 7) is 0. The third kappa shape index (κ3) is 2.58. The average molecular weight is 328 g/mol. The zero-order valence-electron chi connectivity index (χ0n) is 11.7. The molecule has 0 radical (unpaired) electrons. The monoisotopic (exact) mass is 327 g/mol. The van der Waals surface area contributed by atoms with Crippen molar-refractivity contribution in [1.29, 1.82) is 0 Å². The van der Waals surface area contributed by atoms with E-state index in [2.05, 4.69) is 15.1 Å². The number of hydrogen-bond acceptors (Lipinski definition) is 6. The predicted octanol–water partition coefficient (Wildman–Crippen LogP) is 3.41. The minimum Gasteiger partial charge on any atom is -0.461 e. The molecule has 1 aromatic carbocycles. The van der Waals surface area contributed by atoms with E-state index in [4.69, 9.17) is 26.5 Å². The van der Waals surface area contributed by atoms with Crippen molar-refractivity contribution in [2.75, 3.05) is 5.73 Å². The lowest BCUT2D eigenvalue weighted by Gasteiger charge is -2.06. The molecule has 0 aliphatic rings. The summed E-state index contributed by atoms with van der Waals surface area (Å²) < 4.78 is 12.4. The molecule has 0 unspecified atom stereocenters. The SMILES string of the molecule is Nc1cc(Oc2cccc(Cl)c2)nc2nc(-c3ccco3)nn12. The molecular formula is C15H10ClN5O2. The number of rotatable bonds is 3. The molecular weight excluding hydrogens is 318 g/mol. The van der Waals surface area contributed by atoms with Crippen molar-refractivity contribution in [3.63, 3.8) is 0 Å². The highest BCUT2D eigenvalue weighted by molar-refractivity contribution is 6.30. The van der Waals surface area contributed by atoms with E-state index in [0.717, 1.165) is 0 Å². The van der Waals surface area contributed by atoms with Crippen LogP contribution in [0.3, 0.4) is 0 Å². The maximum Gasteiger partial charge on any atom is 0.258 e. The van der Waals surface area contributed by atoms with Gasteiger partial charge in [-0.15, -0.1) is 5.10 Å². The van der Waals surface area contributed by atoms with Gasteiger partial charge in [0.2, 0.25) is 11.7 Å². The van der Waals surface area contributed by atoms with Crippen molar-refractivity contribution in [3.8, 4) is 23.2 Å². The van der Waals surface area contributed by atoms with Crippen LogP contribution in [-0.4, -0.2) is 19.6 Å². The van der Waals surface area contributed by atoms with Crippen molar-refractivity contribution in [2.45, 2.75) is 0 Å². The highest BCUT2D eigenvalue weighted by atomic mass is 35.5. The Morgan fingerprint density at radius 2 is 2.04 bits per heavy atom. The van der Waals surface area contributed by atoms with Crippen LogP contribution >= 0.6 is 11.6 Å². The van der Waals surface area contributed by atoms with Crippen molar-refractivity contribution >= 4 is 23.2 Å². The van der Waals surface area contributed by atoms with Gasteiger partial charge in [-0.25, -0.2) is 0 Å². The van der Waals surface area contributed by atoms with Gasteiger partial charge in [0.05, 0.1) is 6.26 Å². The van der Waals surface area contributed by atoms with Crippen LogP contribution in [0.5, 0.6) is 11.6 Å². The van der Waals surface area contributed by atoms with Gasteiger partial charge in [0.1, 0.15) is 11.6 Å². The maximum atomic E-state index is 5.99. The largest absolute Gasteiger partial charge is 0.461 e. The lowest BCUT2D eigenvalue weighted by atomic mass is 10.3. The molecule has 8 heteroatoms. The molecule has 23 heavy (non-hydrogen) atoms. The summed E-state index contributed by atoms with van der Waals surface area (Å²) in [7, 11) is 0. The van der Waals surface area contributed by atoms with Crippen molar-refractivity contribution in [2.24, 2.45) is 0 Å². The minimum absolute atomic E-state index is 0.302. The van der Waals surface area contributed by atoms with E-state index in [-0.39, 0.29) is 0 Å². The standard InChI is InChI=1S/C15H10ClN5O2/c16-9-3-1-4-10(7-9)23-13-8-12(17)21-15(18-13)19-14(20-21)11-5-2-6-22-11/h1-8H,17H2. The quantitative estimate of drug-likeness (QED) is 0.620. The topological polar surface area (TPSA) is 91.5 Å². The third-order valence-corrected chi connectivity index (χ3v) is 3.31. The van der Waals surface area contributed by atoms with Crippen LogP contribution in [0.4, 0.5) is 5.82 Å². The van der Waals surface area contributed by atoms with E-state index in [0.29, 0.717) is 39.8 Å². The second-order valence-electron chi connectivity index (χ2n) is 4.70. The normalized spacial score (nSPS) is 11.0. The molecule has 3 aromatic heterocycles. The van der Waals surface area contributed by atoms with Gasteiger partial charge in [-0.3, -0.25) is 0 Å². The Morgan fingerprint density at radius 1 is 1.13 bits per heavy atom. The maximum absolute atomic E-state index is 5.99. The Labute approximate surface area is 135 Å². The zero-order chi connectivity index (χ0) is 15.8. The Hall–Kier alpha value is -3.06. The lowest BCUT2D eigenvalue weighted by molar-refractivity contribution is 0.463. The summed E-state index contributed by atoms with van der Waals surface area (Å²) in [5.74, 6) is 2.45. The van der Waals surface area contributed by atoms with Crippen LogP contribution in [0, 0.1) is 0 Å². The first-order valence-electron chi connectivity index (χ1n) is 6.70. The van der Waals surface area contributed by atoms with Crippen molar-refractivity contribution in [3.05, 3.63) is 53.8 Å². The molecule has 4 aromatic rings. The van der Waals surface area contributed by atoms with Crippen LogP contribution < -0.4 is 10.5 Å². The fourth-order valence-electron chi connectivity index (χ4n) is 2.08. The summed E-state index contributed by atoms with van der Waals surface area (Å²) >= 11 is 5.94. The second kappa shape index (κ2) is 5.29. The first kappa shape index (κ1) is 13.6. The van der Waals surface area contributed by atoms with E-state index in [1.54, 1.807) is 48.7 Å². The highest BCUT2D eigenvalue weighted by Gasteiger charge is 2.13. The smallest absolute Gasteiger partial charge is 0.258 e. The first-order chi connectivity index (χ1) is 11.2. The number of benzene rings is 1. The van der Waals surface area contributed by atoms with Gasteiger partial charge in [-0.1, -0.05) is 17.7 Å². The molecule has 0 aliphatic carbocycles. The van der Waals surface area contributed by atoms with E-state index >= 15 is 0 Å². The summed E-state index contributed by atoms with van der Waals surface area (Å²) in [6.07, 6.45) is 1.55. The predicted molar refractivity (Wildman–Crippen MR) is 84.4 cm³/mol. The Bertz CT molecular complexity index is 981. The van der Waals surface area contributed by atoms with E-state index in [9.17, 15) is 0 Å². The summed E-state index contributed by atoms with van der Waals surface area (Å²) in [5, 5.41) is 4.83. The number of nitrogens with zero attached hydrogens (tertiary/aromatic N) is 4. The van der Waals surface area contributed by atoms with Gasteiger partial charge < -0.3 is 14.9 Å². The summed E-state index contributed by atoms with van der Waals surface area (Å²) in [4.78, 5) is 8.59. The summed E-state index contributed by atoms with van der Waals surface area (Å²) in [5.41, 5.74) is 5.99. The number of anilines is 1. The fraction of sp³-hybridized carbons (Fsp3) is 0. The van der Waals surface area contributed by atoms with Gasteiger partial charge in [0.25, 0.3) is 5.78 Å². The third-order valence-electron chi connectivity index (χ3n) is 3.08. The molecule has 7 nitrogen and oxygen atoms in total. The molecule has 0 saturated heterocycles. The molecule has 0 saturated carbocycles. The Balaban J connectivity index is 1.74. The van der Waals surface area contributed by atoms with E-state index in [1.165, 1.54) is 4.52 Å². The van der Waals surface area contributed by atoms with Crippen LogP contribution in [0.25, 0.3) is 17.4 Å². The Morgan fingerprint density at radius 3 is 2.83 bits per heavy atom. The number of ether oxygens (including phenoxy) is 1. The number of hydrogen-bond donors (Lipinski definition) is 1. The molecule has 0 aliphatic heterocycles. The highest BCUT2D eigenvalue weighted by Crippen LogP contribution is 2.25. The molecule has 0 spiro atoms. The van der Waals surface area contributed by atoms with Crippen LogP contribution in [-0.2, 0) is 0 Å². The second-order valence-corrected chi connectivity index (χ2v) is 5.14. The van der Waals surface area contributed by atoms with Gasteiger partial charge in [0, 0.05) is 11.1 Å². The van der Waals surface area contributed by atoms with Crippen molar-refractivity contribution in [1.82, 2.24) is 19.6 Å². The van der Waals surface area contributed by atoms with E-state index in [1.807, 2.05) is 0 Å². The zero-order valence-corrected chi connectivity index (χ0v) is 12.4. The molecule has 0 fully saturated rings. The number of aromatic nitrogens is 4. The van der Waals surface area contributed by atoms with Crippen molar-refractivity contribution < 1.29 is 9.15 Å². The minimum atomic E-state index is 0.302. The molecule has 0 bridgehead atoms. The van der Waals surface area contributed by atoms with Gasteiger partial charge in [-0.2, -0.15) is 14.5 Å². The first-order valence-corrected chi connectivity index (χ1v) is 7.07. The van der Waals surface area contributed by atoms with Crippen LogP contribution in [0.15, 0.2) is 53.1 Å². The van der Waals surface area contributed by atoms with Crippen LogP contribution in [0.1, 0.15) is 0 Å². The van der Waals surface area contributed by atoms with E-state index < -0.39 is 0 Å². The molecule has 0 amide bonds. The molecule has 2 N–H and O–H groups in total. The molecule has 4 rings (SSSR count). The Kier molecular flexibility index (Phi) is 3.13. The fourth-order valence-corrected chi connectivity index (χ4v) is 2.26. The number of nitrogen functional groups attached to an aromatic ring is 1. The molecule has 3 heterocycles. The summed E-state index contributed by atoms with van der Waals surface area (Å²) in [6, 6.07) is 12.1. The number of furan rings is 1. The van der Waals surface area contributed by atoms with Gasteiger partial charge in [0.15, 0.2) is 5.76 Å². The van der Waals surface area contributed by atoms with Crippen LogP contribution in [0.2, 0.25) is 5.02 Å².